The Kier molecular flexibility index (Phi) is 5.88. The summed E-state index contributed by atoms with van der Waals surface area (Å²) in [5.41, 5.74) is 4.67. The maximum absolute atomic E-state index is 13.5. The predicted molar refractivity (Wildman–Crippen MR) is 141 cm³/mol. The summed E-state index contributed by atoms with van der Waals surface area (Å²) >= 11 is 0. The van der Waals surface area contributed by atoms with Crippen LogP contribution in [0, 0.1) is 6.92 Å². The number of carbonyl (C=O) groups excluding carboxylic acids is 2. The minimum Gasteiger partial charge on any atom is -0.507 e. The van der Waals surface area contributed by atoms with Crippen LogP contribution in [0.2, 0.25) is 0 Å². The summed E-state index contributed by atoms with van der Waals surface area (Å²) in [5, 5.41) is 12.3. The summed E-state index contributed by atoms with van der Waals surface area (Å²) < 4.78 is 5.34. The number of aliphatic hydroxyl groups is 1. The van der Waals surface area contributed by atoms with E-state index in [2.05, 4.69) is 18.8 Å². The lowest BCUT2D eigenvalue weighted by molar-refractivity contribution is -0.132. The molecule has 36 heavy (non-hydrogen) atoms. The van der Waals surface area contributed by atoms with Crippen molar-refractivity contribution in [1.82, 2.24) is 4.98 Å². The van der Waals surface area contributed by atoms with Crippen molar-refractivity contribution in [2.45, 2.75) is 32.7 Å². The number of H-pyrrole nitrogens is 1. The number of rotatable bonds is 5. The molecule has 4 aromatic rings. The number of fused-ring (bicyclic) bond motifs is 1. The molecule has 1 atom stereocenters. The number of aliphatic hydroxyl groups excluding tert-OH is 1. The fraction of sp³-hybridized carbons (Fsp3) is 0.200. The number of hydrogen-bond donors (Lipinski definition) is 2. The summed E-state index contributed by atoms with van der Waals surface area (Å²) in [6.45, 7) is 6.07. The zero-order valence-electron chi connectivity index (χ0n) is 20.7. The van der Waals surface area contributed by atoms with E-state index in [0.717, 1.165) is 27.6 Å². The number of para-hydroxylation sites is 1. The second-order valence-corrected chi connectivity index (χ2v) is 9.39. The Hall–Kier alpha value is -4.32. The van der Waals surface area contributed by atoms with Gasteiger partial charge in [0.15, 0.2) is 0 Å². The zero-order valence-corrected chi connectivity index (χ0v) is 20.7. The first kappa shape index (κ1) is 23.4. The SMILES string of the molecule is COc1ccc(/C(O)=C2\C(=O)C(=O)N(c3ccc(C(C)C)cc3)C2c2c[nH]c3ccccc23)cc1C. The number of carbonyl (C=O) groups is 2. The predicted octanol–water partition coefficient (Wildman–Crippen LogP) is 6.23. The first-order valence-electron chi connectivity index (χ1n) is 11.9. The monoisotopic (exact) mass is 480 g/mol. The lowest BCUT2D eigenvalue weighted by atomic mass is 9.94. The first-order chi connectivity index (χ1) is 17.3. The summed E-state index contributed by atoms with van der Waals surface area (Å²) in [5.74, 6) is -0.600. The molecular formula is C30H28N2O4. The maximum Gasteiger partial charge on any atom is 0.300 e. The summed E-state index contributed by atoms with van der Waals surface area (Å²) in [6, 6.07) is 19.8. The lowest BCUT2D eigenvalue weighted by Gasteiger charge is -2.25. The number of benzene rings is 3. The van der Waals surface area contributed by atoms with Crippen LogP contribution in [-0.2, 0) is 9.59 Å². The van der Waals surface area contributed by atoms with Gasteiger partial charge in [-0.05, 0) is 60.4 Å². The van der Waals surface area contributed by atoms with Crippen LogP contribution < -0.4 is 9.64 Å². The summed E-state index contributed by atoms with van der Waals surface area (Å²) in [7, 11) is 1.58. The van der Waals surface area contributed by atoms with E-state index in [-0.39, 0.29) is 11.3 Å². The molecule has 0 saturated carbocycles. The smallest absolute Gasteiger partial charge is 0.300 e. The van der Waals surface area contributed by atoms with Gasteiger partial charge in [0.1, 0.15) is 11.5 Å². The highest BCUT2D eigenvalue weighted by Crippen LogP contribution is 2.44. The number of ether oxygens (including phenoxy) is 1. The second kappa shape index (κ2) is 9.04. The van der Waals surface area contributed by atoms with Crippen LogP contribution in [0.3, 0.4) is 0 Å². The molecule has 5 rings (SSSR count). The number of nitrogens with zero attached hydrogens (tertiary/aromatic N) is 1. The molecule has 1 saturated heterocycles. The highest BCUT2D eigenvalue weighted by Gasteiger charge is 2.47. The van der Waals surface area contributed by atoms with Gasteiger partial charge in [-0.25, -0.2) is 0 Å². The van der Waals surface area contributed by atoms with Crippen LogP contribution in [0.25, 0.3) is 16.7 Å². The molecule has 1 unspecified atom stereocenters. The summed E-state index contributed by atoms with van der Waals surface area (Å²) in [6.07, 6.45) is 1.81. The molecule has 1 fully saturated rings. The summed E-state index contributed by atoms with van der Waals surface area (Å²) in [4.78, 5) is 31.7. The molecule has 3 aromatic carbocycles. The van der Waals surface area contributed by atoms with Gasteiger partial charge in [-0.2, -0.15) is 0 Å². The van der Waals surface area contributed by atoms with Crippen molar-refractivity contribution >= 4 is 34.0 Å². The van der Waals surface area contributed by atoms with Crippen molar-refractivity contribution in [1.29, 1.82) is 0 Å². The van der Waals surface area contributed by atoms with E-state index >= 15 is 0 Å². The fourth-order valence-corrected chi connectivity index (χ4v) is 4.91. The van der Waals surface area contributed by atoms with E-state index in [9.17, 15) is 14.7 Å². The van der Waals surface area contributed by atoms with Crippen molar-refractivity contribution in [3.8, 4) is 5.75 Å². The minimum absolute atomic E-state index is 0.0576. The molecule has 6 heteroatoms. The molecule has 1 aliphatic heterocycles. The maximum atomic E-state index is 13.5. The molecule has 182 valence electrons. The van der Waals surface area contributed by atoms with E-state index < -0.39 is 17.7 Å². The molecule has 2 heterocycles. The number of nitrogens with one attached hydrogen (secondary N) is 1. The third kappa shape index (κ3) is 3.75. The van der Waals surface area contributed by atoms with E-state index in [1.807, 2.05) is 61.7 Å². The molecule has 1 amide bonds. The van der Waals surface area contributed by atoms with Crippen molar-refractivity contribution in [3.63, 3.8) is 0 Å². The third-order valence-corrected chi connectivity index (χ3v) is 6.87. The number of amides is 1. The Morgan fingerprint density at radius 2 is 1.75 bits per heavy atom. The van der Waals surface area contributed by atoms with E-state index in [4.69, 9.17) is 4.74 Å². The van der Waals surface area contributed by atoms with Gasteiger partial charge in [0.2, 0.25) is 0 Å². The van der Waals surface area contributed by atoms with Crippen molar-refractivity contribution < 1.29 is 19.4 Å². The largest absolute Gasteiger partial charge is 0.507 e. The van der Waals surface area contributed by atoms with Crippen LogP contribution in [0.15, 0.2) is 78.5 Å². The van der Waals surface area contributed by atoms with Crippen LogP contribution >= 0.6 is 0 Å². The van der Waals surface area contributed by atoms with Gasteiger partial charge in [-0.15, -0.1) is 0 Å². The van der Waals surface area contributed by atoms with Gasteiger partial charge >= 0.3 is 0 Å². The molecule has 0 radical (unpaired) electrons. The third-order valence-electron chi connectivity index (χ3n) is 6.87. The van der Waals surface area contributed by atoms with Gasteiger partial charge in [0.25, 0.3) is 11.7 Å². The fourth-order valence-electron chi connectivity index (χ4n) is 4.91. The number of aromatic amines is 1. The number of methoxy groups -OCH3 is 1. The molecule has 1 aromatic heterocycles. The van der Waals surface area contributed by atoms with Crippen LogP contribution in [-0.4, -0.2) is 28.9 Å². The van der Waals surface area contributed by atoms with Gasteiger partial charge in [0, 0.05) is 33.9 Å². The van der Waals surface area contributed by atoms with Gasteiger partial charge in [-0.3, -0.25) is 14.5 Å². The van der Waals surface area contributed by atoms with E-state index in [1.165, 1.54) is 4.90 Å². The minimum atomic E-state index is -0.798. The molecule has 2 N–H and O–H groups in total. The number of anilines is 1. The molecule has 1 aliphatic rings. The average Bonchev–Trinajstić information content (AvgIpc) is 3.42. The van der Waals surface area contributed by atoms with Gasteiger partial charge in [-0.1, -0.05) is 44.2 Å². The van der Waals surface area contributed by atoms with E-state index in [0.29, 0.717) is 22.9 Å². The van der Waals surface area contributed by atoms with Crippen LogP contribution in [0.4, 0.5) is 5.69 Å². The first-order valence-corrected chi connectivity index (χ1v) is 11.9. The van der Waals surface area contributed by atoms with E-state index in [1.54, 1.807) is 25.3 Å². The Morgan fingerprint density at radius 1 is 1.03 bits per heavy atom. The molecular weight excluding hydrogens is 452 g/mol. The van der Waals surface area contributed by atoms with Crippen molar-refractivity contribution in [2.24, 2.45) is 0 Å². The quantitative estimate of drug-likeness (QED) is 0.201. The molecule has 6 nitrogen and oxygen atoms in total. The van der Waals surface area contributed by atoms with Crippen molar-refractivity contribution in [3.05, 3.63) is 101 Å². The van der Waals surface area contributed by atoms with Crippen LogP contribution in [0.5, 0.6) is 5.75 Å². The topological polar surface area (TPSA) is 82.6 Å². The van der Waals surface area contributed by atoms with Crippen molar-refractivity contribution in [2.75, 3.05) is 12.0 Å². The zero-order chi connectivity index (χ0) is 25.6. The lowest BCUT2D eigenvalue weighted by Crippen LogP contribution is -2.29. The number of aromatic nitrogens is 1. The van der Waals surface area contributed by atoms with Gasteiger partial charge < -0.3 is 14.8 Å². The molecule has 0 bridgehead atoms. The highest BCUT2D eigenvalue weighted by atomic mass is 16.5. The number of ketones is 1. The highest BCUT2D eigenvalue weighted by molar-refractivity contribution is 6.51. The Balaban J connectivity index is 1.74. The number of Topliss-reactive ketones (excluding diaryl/α,β-unsaturated/α-hetero) is 1. The normalized spacial score (nSPS) is 17.4. The Labute approximate surface area is 209 Å². The van der Waals surface area contributed by atoms with Gasteiger partial charge in [0.05, 0.1) is 18.7 Å². The average molecular weight is 481 g/mol. The molecule has 0 spiro atoms. The number of hydrogen-bond acceptors (Lipinski definition) is 4. The molecule has 0 aliphatic carbocycles. The second-order valence-electron chi connectivity index (χ2n) is 9.39. The standard InChI is InChI=1S/C30H28N2O4/c1-17(2)19-9-12-21(13-10-19)32-27(23-16-31-24-8-6-5-7-22(23)24)26(29(34)30(32)35)28(33)20-11-14-25(36-4)18(3)15-20/h5-17,27,31,33H,1-4H3/b28-26+. The Morgan fingerprint density at radius 3 is 2.42 bits per heavy atom. The van der Waals surface area contributed by atoms with Crippen LogP contribution in [0.1, 0.15) is 48.1 Å². The number of aryl methyl sites for hydroxylation is 1. The Bertz CT molecular complexity index is 1510.